The molecule has 2 nitrogen and oxygen atoms in total. The van der Waals surface area contributed by atoms with Crippen molar-refractivity contribution < 1.29 is 9.84 Å². The van der Waals surface area contributed by atoms with Gasteiger partial charge in [0.15, 0.2) is 0 Å². The fourth-order valence-corrected chi connectivity index (χ4v) is 1.76. The normalized spacial score (nSPS) is 15.2. The van der Waals surface area contributed by atoms with Crippen LogP contribution in [0.3, 0.4) is 0 Å². The number of aliphatic hydroxyl groups is 1. The van der Waals surface area contributed by atoms with Gasteiger partial charge in [0.1, 0.15) is 0 Å². The lowest BCUT2D eigenvalue weighted by molar-refractivity contribution is -0.117. The highest BCUT2D eigenvalue weighted by Crippen LogP contribution is 2.26. The Morgan fingerprint density at radius 3 is 1.75 bits per heavy atom. The largest absolute Gasteiger partial charge is 0.387 e. The van der Waals surface area contributed by atoms with Crippen molar-refractivity contribution in [3.05, 3.63) is 0 Å². The van der Waals surface area contributed by atoms with Crippen LogP contribution < -0.4 is 0 Å². The van der Waals surface area contributed by atoms with Crippen LogP contribution in [0.1, 0.15) is 40.5 Å². The van der Waals surface area contributed by atoms with Crippen LogP contribution in [0, 0.1) is 5.92 Å². The van der Waals surface area contributed by atoms with Crippen LogP contribution in [-0.4, -0.2) is 23.9 Å². The van der Waals surface area contributed by atoms with E-state index in [2.05, 4.69) is 13.8 Å². The fourth-order valence-electron chi connectivity index (χ4n) is 1.76. The van der Waals surface area contributed by atoms with Gasteiger partial charge in [0.2, 0.25) is 0 Å². The van der Waals surface area contributed by atoms with E-state index < -0.39 is 5.60 Å². The maximum atomic E-state index is 10.1. The van der Waals surface area contributed by atoms with Gasteiger partial charge in [0.25, 0.3) is 0 Å². The van der Waals surface area contributed by atoms with E-state index in [0.29, 0.717) is 5.92 Å². The maximum absolute atomic E-state index is 10.1. The molecular weight excluding hydrogens is 152 g/mol. The van der Waals surface area contributed by atoms with Gasteiger partial charge in [-0.2, -0.15) is 0 Å². The third-order valence-electron chi connectivity index (χ3n) is 2.61. The fraction of sp³-hybridized carbons (Fsp3) is 1.00. The summed E-state index contributed by atoms with van der Waals surface area (Å²) in [6, 6.07) is 0. The molecule has 0 aromatic heterocycles. The minimum atomic E-state index is -0.650. The van der Waals surface area contributed by atoms with Crippen LogP contribution in [0.5, 0.6) is 0 Å². The number of hydrogen-bond donors (Lipinski definition) is 1. The highest BCUT2D eigenvalue weighted by molar-refractivity contribution is 4.86. The molecule has 2 heteroatoms. The number of ether oxygens (including phenoxy) is 1. The monoisotopic (exact) mass is 174 g/mol. The zero-order valence-electron chi connectivity index (χ0n) is 8.92. The van der Waals surface area contributed by atoms with Crippen LogP contribution in [-0.2, 0) is 4.74 Å². The molecule has 0 aliphatic carbocycles. The SMILES string of the molecule is CCC(O)(CC)C(OC)C(C)C. The van der Waals surface area contributed by atoms with Crippen molar-refractivity contribution >= 4 is 0 Å². The lowest BCUT2D eigenvalue weighted by atomic mass is 9.84. The molecule has 0 bridgehead atoms. The smallest absolute Gasteiger partial charge is 0.0905 e. The van der Waals surface area contributed by atoms with E-state index in [4.69, 9.17) is 4.74 Å². The molecule has 0 spiro atoms. The van der Waals surface area contributed by atoms with E-state index in [0.717, 1.165) is 12.8 Å². The van der Waals surface area contributed by atoms with Crippen LogP contribution in [0.2, 0.25) is 0 Å². The van der Waals surface area contributed by atoms with Gasteiger partial charge in [-0.1, -0.05) is 27.7 Å². The Bertz CT molecular complexity index is 117. The minimum absolute atomic E-state index is 0.0486. The highest BCUT2D eigenvalue weighted by Gasteiger charge is 2.35. The molecule has 0 saturated carbocycles. The summed E-state index contributed by atoms with van der Waals surface area (Å²) in [7, 11) is 1.67. The third kappa shape index (κ3) is 2.46. The van der Waals surface area contributed by atoms with E-state index in [1.165, 1.54) is 0 Å². The molecule has 0 aromatic rings. The number of hydrogen-bond acceptors (Lipinski definition) is 2. The summed E-state index contributed by atoms with van der Waals surface area (Å²) in [5.74, 6) is 0.361. The number of methoxy groups -OCH3 is 1. The summed E-state index contributed by atoms with van der Waals surface area (Å²) >= 11 is 0. The maximum Gasteiger partial charge on any atom is 0.0905 e. The second-order valence-corrected chi connectivity index (χ2v) is 3.71. The second kappa shape index (κ2) is 4.83. The Kier molecular flexibility index (Phi) is 4.80. The molecule has 0 heterocycles. The van der Waals surface area contributed by atoms with Gasteiger partial charge in [-0.3, -0.25) is 0 Å². The Labute approximate surface area is 75.9 Å². The molecule has 0 amide bonds. The summed E-state index contributed by atoms with van der Waals surface area (Å²) in [5.41, 5.74) is -0.650. The first-order valence-electron chi connectivity index (χ1n) is 4.77. The molecule has 0 aliphatic rings. The van der Waals surface area contributed by atoms with Gasteiger partial charge in [0.05, 0.1) is 11.7 Å². The standard InChI is InChI=1S/C10H22O2/c1-6-10(11,7-2)9(12-5)8(3)4/h8-9,11H,6-7H2,1-5H3. The van der Waals surface area contributed by atoms with Gasteiger partial charge in [-0.05, 0) is 18.8 Å². The summed E-state index contributed by atoms with van der Waals surface area (Å²) in [5, 5.41) is 10.1. The highest BCUT2D eigenvalue weighted by atomic mass is 16.5. The molecule has 0 saturated heterocycles. The first kappa shape index (κ1) is 11.9. The first-order valence-corrected chi connectivity index (χ1v) is 4.77. The average Bonchev–Trinajstić information content (AvgIpc) is 2.04. The van der Waals surface area contributed by atoms with E-state index in [9.17, 15) is 5.11 Å². The van der Waals surface area contributed by atoms with Gasteiger partial charge in [-0.15, -0.1) is 0 Å². The Balaban J connectivity index is 4.43. The van der Waals surface area contributed by atoms with Crippen molar-refractivity contribution in [3.8, 4) is 0 Å². The summed E-state index contributed by atoms with van der Waals surface area (Å²) in [4.78, 5) is 0. The molecule has 0 rings (SSSR count). The minimum Gasteiger partial charge on any atom is -0.387 e. The lowest BCUT2D eigenvalue weighted by Gasteiger charge is -2.36. The average molecular weight is 174 g/mol. The van der Waals surface area contributed by atoms with Crippen LogP contribution in [0.4, 0.5) is 0 Å². The van der Waals surface area contributed by atoms with E-state index in [1.807, 2.05) is 13.8 Å². The Morgan fingerprint density at radius 1 is 1.25 bits per heavy atom. The Morgan fingerprint density at radius 2 is 1.67 bits per heavy atom. The van der Waals surface area contributed by atoms with Crippen molar-refractivity contribution in [3.63, 3.8) is 0 Å². The molecule has 0 aromatic carbocycles. The predicted molar refractivity (Wildman–Crippen MR) is 51.2 cm³/mol. The molecule has 0 radical (unpaired) electrons. The van der Waals surface area contributed by atoms with Gasteiger partial charge in [0, 0.05) is 7.11 Å². The summed E-state index contributed by atoms with van der Waals surface area (Å²) in [6.45, 7) is 8.14. The van der Waals surface area contributed by atoms with Crippen molar-refractivity contribution in [2.24, 2.45) is 5.92 Å². The van der Waals surface area contributed by atoms with E-state index >= 15 is 0 Å². The second-order valence-electron chi connectivity index (χ2n) is 3.71. The number of rotatable bonds is 5. The quantitative estimate of drug-likeness (QED) is 0.692. The third-order valence-corrected chi connectivity index (χ3v) is 2.61. The molecule has 1 N–H and O–H groups in total. The van der Waals surface area contributed by atoms with Crippen molar-refractivity contribution in [1.29, 1.82) is 0 Å². The van der Waals surface area contributed by atoms with Gasteiger partial charge < -0.3 is 9.84 Å². The van der Waals surface area contributed by atoms with Gasteiger partial charge >= 0.3 is 0 Å². The Hall–Kier alpha value is -0.0800. The molecule has 0 fully saturated rings. The topological polar surface area (TPSA) is 29.5 Å². The molecular formula is C10H22O2. The molecule has 12 heavy (non-hydrogen) atoms. The van der Waals surface area contributed by atoms with E-state index in [-0.39, 0.29) is 6.10 Å². The molecule has 1 atom stereocenters. The van der Waals surface area contributed by atoms with E-state index in [1.54, 1.807) is 7.11 Å². The summed E-state index contributed by atoms with van der Waals surface area (Å²) < 4.78 is 5.31. The van der Waals surface area contributed by atoms with Crippen LogP contribution in [0.15, 0.2) is 0 Å². The molecule has 1 unspecified atom stereocenters. The first-order chi connectivity index (χ1) is 5.51. The van der Waals surface area contributed by atoms with Crippen molar-refractivity contribution in [1.82, 2.24) is 0 Å². The zero-order valence-corrected chi connectivity index (χ0v) is 8.92. The predicted octanol–water partition coefficient (Wildman–Crippen LogP) is 2.21. The van der Waals surface area contributed by atoms with Crippen LogP contribution >= 0.6 is 0 Å². The lowest BCUT2D eigenvalue weighted by Crippen LogP contribution is -2.45. The van der Waals surface area contributed by atoms with Crippen molar-refractivity contribution in [2.45, 2.75) is 52.2 Å². The molecule has 0 aliphatic heterocycles. The summed E-state index contributed by atoms with van der Waals surface area (Å²) in [6.07, 6.45) is 1.45. The van der Waals surface area contributed by atoms with Gasteiger partial charge in [-0.25, -0.2) is 0 Å². The molecule has 74 valence electrons. The van der Waals surface area contributed by atoms with Crippen molar-refractivity contribution in [2.75, 3.05) is 7.11 Å². The van der Waals surface area contributed by atoms with Crippen LogP contribution in [0.25, 0.3) is 0 Å². The zero-order chi connectivity index (χ0) is 9.78.